The maximum atomic E-state index is 13.8. The van der Waals surface area contributed by atoms with E-state index in [1.54, 1.807) is 42.5 Å². The minimum absolute atomic E-state index is 0.0949. The lowest BCUT2D eigenvalue weighted by atomic mass is 10.0. The Kier molecular flexibility index (Phi) is 6.70. The molecule has 0 bridgehead atoms. The number of hydrogen-bond donors (Lipinski definition) is 0. The summed E-state index contributed by atoms with van der Waals surface area (Å²) >= 11 is 4.41. The zero-order valence-corrected chi connectivity index (χ0v) is 20.8. The minimum atomic E-state index is -0.320. The monoisotopic (exact) mass is 547 g/mol. The van der Waals surface area contributed by atoms with Crippen molar-refractivity contribution in [3.05, 3.63) is 117 Å². The largest absolute Gasteiger partial charge is 0.488 e. The van der Waals surface area contributed by atoms with Crippen LogP contribution in [0.2, 0.25) is 0 Å². The summed E-state index contributed by atoms with van der Waals surface area (Å²) < 4.78 is 20.2. The fraction of sp³-hybridized carbons (Fsp3) is 0.0714. The van der Waals surface area contributed by atoms with Gasteiger partial charge in [-0.2, -0.15) is 0 Å². The van der Waals surface area contributed by atoms with Crippen LogP contribution in [-0.2, 0) is 17.9 Å². The number of rotatable bonds is 6. The molecule has 0 aromatic heterocycles. The highest BCUT2D eigenvalue weighted by molar-refractivity contribution is 9.10. The highest BCUT2D eigenvalue weighted by Crippen LogP contribution is 2.35. The van der Waals surface area contributed by atoms with Crippen LogP contribution < -0.4 is 4.74 Å². The minimum Gasteiger partial charge on any atom is -0.488 e. The van der Waals surface area contributed by atoms with E-state index < -0.39 is 0 Å². The van der Waals surface area contributed by atoms with E-state index in [4.69, 9.17) is 4.74 Å². The molecule has 2 amide bonds. The van der Waals surface area contributed by atoms with Gasteiger partial charge in [-0.25, -0.2) is 4.39 Å². The van der Waals surface area contributed by atoms with E-state index in [1.807, 2.05) is 42.5 Å². The summed E-state index contributed by atoms with van der Waals surface area (Å²) in [4.78, 5) is 27.3. The van der Waals surface area contributed by atoms with Gasteiger partial charge in [-0.15, -0.1) is 0 Å². The summed E-state index contributed by atoms with van der Waals surface area (Å²) in [5, 5.41) is 1.79. The first-order valence-electron chi connectivity index (χ1n) is 10.9. The Morgan fingerprint density at radius 3 is 2.49 bits per heavy atom. The topological polar surface area (TPSA) is 46.6 Å². The number of fused-ring (bicyclic) bond motifs is 1. The summed E-state index contributed by atoms with van der Waals surface area (Å²) in [6.45, 7) is 0.313. The summed E-state index contributed by atoms with van der Waals surface area (Å²) in [6, 6.07) is 25.6. The van der Waals surface area contributed by atoms with Crippen molar-refractivity contribution in [1.82, 2.24) is 4.90 Å². The van der Waals surface area contributed by atoms with Gasteiger partial charge in [-0.05, 0) is 73.9 Å². The van der Waals surface area contributed by atoms with Crippen molar-refractivity contribution in [3.8, 4) is 5.75 Å². The molecular formula is C28H19BrFNO3S. The van der Waals surface area contributed by atoms with Gasteiger partial charge in [-0.3, -0.25) is 14.5 Å². The Balaban J connectivity index is 1.31. The molecule has 4 aromatic rings. The molecule has 1 fully saturated rings. The third-order valence-corrected chi connectivity index (χ3v) is 7.20. The molecule has 1 aliphatic heterocycles. The van der Waals surface area contributed by atoms with Gasteiger partial charge in [0, 0.05) is 5.56 Å². The molecule has 0 aliphatic carbocycles. The SMILES string of the molecule is O=C1S/C(=C/c2ccc(OCc3ccccc3F)c(Br)c2)C(=O)N1Cc1cccc2ccccc12. The molecule has 4 nitrogen and oxygen atoms in total. The number of halogens is 2. The number of carbonyl (C=O) groups excluding carboxylic acids is 2. The van der Waals surface area contributed by atoms with Gasteiger partial charge in [0.1, 0.15) is 18.2 Å². The number of thioether (sulfide) groups is 1. The Morgan fingerprint density at radius 1 is 0.914 bits per heavy atom. The zero-order valence-electron chi connectivity index (χ0n) is 18.4. The van der Waals surface area contributed by atoms with Gasteiger partial charge < -0.3 is 4.74 Å². The molecule has 0 atom stereocenters. The maximum absolute atomic E-state index is 13.8. The molecule has 0 N–H and O–H groups in total. The standard InChI is InChI=1S/C28H19BrFNO3S/c29-23-14-18(12-13-25(23)34-17-21-7-2-4-11-24(21)30)15-26-27(32)31(28(33)35-26)16-20-9-5-8-19-6-1-3-10-22(19)20/h1-15H,16-17H2/b26-15+. The van der Waals surface area contributed by atoms with Crippen LogP contribution in [0.1, 0.15) is 16.7 Å². The van der Waals surface area contributed by atoms with Crippen LogP contribution in [0.15, 0.2) is 94.3 Å². The molecule has 174 valence electrons. The molecule has 0 unspecified atom stereocenters. The molecule has 5 rings (SSSR count). The van der Waals surface area contributed by atoms with E-state index >= 15 is 0 Å². The van der Waals surface area contributed by atoms with E-state index in [9.17, 15) is 14.0 Å². The Labute approximate surface area is 214 Å². The van der Waals surface area contributed by atoms with Crippen LogP contribution in [0.25, 0.3) is 16.8 Å². The molecule has 7 heteroatoms. The van der Waals surface area contributed by atoms with Gasteiger partial charge in [0.2, 0.25) is 0 Å². The van der Waals surface area contributed by atoms with Crippen LogP contribution in [-0.4, -0.2) is 16.0 Å². The molecular weight excluding hydrogens is 529 g/mol. The van der Waals surface area contributed by atoms with Crippen molar-refractivity contribution in [2.24, 2.45) is 0 Å². The van der Waals surface area contributed by atoms with Gasteiger partial charge in [-0.1, -0.05) is 66.7 Å². The molecule has 0 saturated carbocycles. The third-order valence-electron chi connectivity index (χ3n) is 5.68. The van der Waals surface area contributed by atoms with E-state index in [0.29, 0.717) is 20.7 Å². The van der Waals surface area contributed by atoms with Gasteiger partial charge in [0.15, 0.2) is 0 Å². The number of benzene rings is 4. The van der Waals surface area contributed by atoms with Crippen molar-refractivity contribution in [1.29, 1.82) is 0 Å². The lowest BCUT2D eigenvalue weighted by Gasteiger charge is -2.14. The zero-order chi connectivity index (χ0) is 24.4. The maximum Gasteiger partial charge on any atom is 0.293 e. The number of carbonyl (C=O) groups is 2. The predicted molar refractivity (Wildman–Crippen MR) is 140 cm³/mol. The lowest BCUT2D eigenvalue weighted by molar-refractivity contribution is -0.123. The Hall–Kier alpha value is -3.42. The fourth-order valence-electron chi connectivity index (χ4n) is 3.88. The van der Waals surface area contributed by atoms with Crippen LogP contribution >= 0.6 is 27.7 Å². The first-order valence-corrected chi connectivity index (χ1v) is 12.5. The van der Waals surface area contributed by atoms with Crippen LogP contribution in [0.3, 0.4) is 0 Å². The molecule has 1 saturated heterocycles. The predicted octanol–water partition coefficient (Wildman–Crippen LogP) is 7.56. The second kappa shape index (κ2) is 10.1. The van der Waals surface area contributed by atoms with Crippen molar-refractivity contribution < 1.29 is 18.7 Å². The van der Waals surface area contributed by atoms with E-state index in [2.05, 4.69) is 15.9 Å². The number of ether oxygens (including phenoxy) is 1. The van der Waals surface area contributed by atoms with Crippen LogP contribution in [0.5, 0.6) is 5.75 Å². The second-order valence-corrected chi connectivity index (χ2v) is 9.82. The van der Waals surface area contributed by atoms with E-state index in [-0.39, 0.29) is 30.1 Å². The molecule has 0 spiro atoms. The third kappa shape index (κ3) is 5.01. The van der Waals surface area contributed by atoms with Crippen LogP contribution in [0.4, 0.5) is 9.18 Å². The van der Waals surface area contributed by atoms with Crippen molar-refractivity contribution in [3.63, 3.8) is 0 Å². The number of amides is 2. The average molecular weight is 548 g/mol. The Bertz CT molecular complexity index is 1480. The number of imide groups is 1. The smallest absolute Gasteiger partial charge is 0.293 e. The van der Waals surface area contributed by atoms with Gasteiger partial charge in [0.05, 0.1) is 15.9 Å². The van der Waals surface area contributed by atoms with Crippen molar-refractivity contribution in [2.45, 2.75) is 13.2 Å². The van der Waals surface area contributed by atoms with Gasteiger partial charge >= 0.3 is 0 Å². The number of hydrogen-bond acceptors (Lipinski definition) is 4. The summed E-state index contributed by atoms with van der Waals surface area (Å²) in [5.41, 5.74) is 2.12. The Morgan fingerprint density at radius 2 is 1.66 bits per heavy atom. The summed E-state index contributed by atoms with van der Waals surface area (Å²) in [6.07, 6.45) is 1.69. The molecule has 35 heavy (non-hydrogen) atoms. The molecule has 0 radical (unpaired) electrons. The quantitative estimate of drug-likeness (QED) is 0.234. The summed E-state index contributed by atoms with van der Waals surface area (Å²) in [5.74, 6) is -0.0853. The molecule has 4 aromatic carbocycles. The van der Waals surface area contributed by atoms with E-state index in [0.717, 1.165) is 33.7 Å². The van der Waals surface area contributed by atoms with Crippen molar-refractivity contribution >= 4 is 55.7 Å². The summed E-state index contributed by atoms with van der Waals surface area (Å²) in [7, 11) is 0. The molecule has 1 heterocycles. The highest BCUT2D eigenvalue weighted by atomic mass is 79.9. The van der Waals surface area contributed by atoms with E-state index in [1.165, 1.54) is 11.0 Å². The first kappa shape index (κ1) is 23.3. The second-order valence-electron chi connectivity index (χ2n) is 7.98. The van der Waals surface area contributed by atoms with Crippen LogP contribution in [0, 0.1) is 5.82 Å². The average Bonchev–Trinajstić information content (AvgIpc) is 3.12. The highest BCUT2D eigenvalue weighted by Gasteiger charge is 2.35. The normalized spacial score (nSPS) is 14.8. The lowest BCUT2D eigenvalue weighted by Crippen LogP contribution is -2.27. The first-order chi connectivity index (χ1) is 17.0. The fourth-order valence-corrected chi connectivity index (χ4v) is 5.23. The van der Waals surface area contributed by atoms with Gasteiger partial charge in [0.25, 0.3) is 11.1 Å². The molecule has 1 aliphatic rings. The number of nitrogens with zero attached hydrogens (tertiary/aromatic N) is 1. The van der Waals surface area contributed by atoms with Crippen molar-refractivity contribution in [2.75, 3.05) is 0 Å².